The molecule has 1 saturated heterocycles. The molecule has 2 heterocycles. The molecule has 1 aliphatic heterocycles. The number of ether oxygens (including phenoxy) is 1. The lowest BCUT2D eigenvalue weighted by Crippen LogP contribution is -2.48. The van der Waals surface area contributed by atoms with Crippen molar-refractivity contribution in [1.29, 1.82) is 0 Å². The van der Waals surface area contributed by atoms with Crippen molar-refractivity contribution in [3.05, 3.63) is 47.0 Å². The highest BCUT2D eigenvalue weighted by Gasteiger charge is 2.36. The number of rotatable bonds is 6. The molecule has 28 heavy (non-hydrogen) atoms. The van der Waals surface area contributed by atoms with Crippen LogP contribution in [0.3, 0.4) is 0 Å². The summed E-state index contributed by atoms with van der Waals surface area (Å²) in [5.41, 5.74) is 1.10. The Morgan fingerprint density at radius 2 is 2.04 bits per heavy atom. The Balaban J connectivity index is 0.00000280. The maximum absolute atomic E-state index is 6.54. The van der Waals surface area contributed by atoms with Crippen molar-refractivity contribution < 1.29 is 4.74 Å². The monoisotopic (exact) mass is 518 g/mol. The number of halogens is 2. The van der Waals surface area contributed by atoms with Crippen LogP contribution in [0.1, 0.15) is 31.2 Å². The average molecular weight is 519 g/mol. The SMILES string of the molecule is CCNC(=NCc1ncnn1C)NCC1(c2ccccc2Cl)CCOCC1.I. The minimum atomic E-state index is -0.0719. The van der Waals surface area contributed by atoms with Crippen molar-refractivity contribution in [3.63, 3.8) is 0 Å². The second kappa shape index (κ2) is 11.0. The second-order valence-electron chi connectivity index (χ2n) is 6.72. The molecule has 0 saturated carbocycles. The maximum Gasteiger partial charge on any atom is 0.191 e. The molecule has 0 unspecified atom stereocenters. The Bertz CT molecular complexity index is 775. The van der Waals surface area contributed by atoms with E-state index in [1.54, 1.807) is 11.0 Å². The van der Waals surface area contributed by atoms with Crippen LogP contribution in [0.4, 0.5) is 0 Å². The summed E-state index contributed by atoms with van der Waals surface area (Å²) in [6.07, 6.45) is 3.39. The molecule has 0 bridgehead atoms. The van der Waals surface area contributed by atoms with Gasteiger partial charge in [0.1, 0.15) is 18.7 Å². The van der Waals surface area contributed by atoms with Crippen molar-refractivity contribution in [2.45, 2.75) is 31.7 Å². The molecular weight excluding hydrogens is 491 g/mol. The van der Waals surface area contributed by atoms with Crippen molar-refractivity contribution >= 4 is 41.5 Å². The van der Waals surface area contributed by atoms with Crippen LogP contribution in [-0.4, -0.2) is 47.0 Å². The third kappa shape index (κ3) is 5.57. The molecule has 7 nitrogen and oxygen atoms in total. The third-order valence-corrected chi connectivity index (χ3v) is 5.35. The van der Waals surface area contributed by atoms with Gasteiger partial charge in [-0.25, -0.2) is 9.98 Å². The maximum atomic E-state index is 6.54. The molecular formula is C19H28ClIN6O. The Hall–Kier alpha value is -1.39. The highest BCUT2D eigenvalue weighted by Crippen LogP contribution is 2.38. The Morgan fingerprint density at radius 1 is 1.29 bits per heavy atom. The third-order valence-electron chi connectivity index (χ3n) is 5.02. The molecule has 1 aliphatic rings. The Kier molecular flexibility index (Phi) is 8.97. The number of hydrogen-bond acceptors (Lipinski definition) is 4. The fraction of sp³-hybridized carbons (Fsp3) is 0.526. The van der Waals surface area contributed by atoms with Gasteiger partial charge in [0.25, 0.3) is 0 Å². The summed E-state index contributed by atoms with van der Waals surface area (Å²) in [7, 11) is 1.87. The summed E-state index contributed by atoms with van der Waals surface area (Å²) in [5, 5.41) is 11.7. The predicted molar refractivity (Wildman–Crippen MR) is 122 cm³/mol. The van der Waals surface area contributed by atoms with Crippen molar-refractivity contribution in [3.8, 4) is 0 Å². The summed E-state index contributed by atoms with van der Waals surface area (Å²) < 4.78 is 7.35. The Morgan fingerprint density at radius 3 is 2.68 bits per heavy atom. The number of aliphatic imine (C=N–C) groups is 1. The van der Waals surface area contributed by atoms with Gasteiger partial charge in [0.05, 0.1) is 0 Å². The minimum absolute atomic E-state index is 0. The van der Waals surface area contributed by atoms with Crippen LogP contribution in [0, 0.1) is 0 Å². The lowest BCUT2D eigenvalue weighted by Gasteiger charge is -2.38. The van der Waals surface area contributed by atoms with Gasteiger partial charge in [-0.3, -0.25) is 4.68 Å². The van der Waals surface area contributed by atoms with Crippen LogP contribution in [-0.2, 0) is 23.7 Å². The summed E-state index contributed by atoms with van der Waals surface area (Å²) in [6.45, 7) is 5.52. The van der Waals surface area contributed by atoms with E-state index in [-0.39, 0.29) is 29.4 Å². The first-order chi connectivity index (χ1) is 13.1. The van der Waals surface area contributed by atoms with Crippen molar-refractivity contribution in [2.24, 2.45) is 12.0 Å². The molecule has 154 valence electrons. The first-order valence-corrected chi connectivity index (χ1v) is 9.70. The first-order valence-electron chi connectivity index (χ1n) is 9.32. The number of nitrogens with one attached hydrogen (secondary N) is 2. The van der Waals surface area contributed by atoms with Gasteiger partial charge in [-0.2, -0.15) is 5.10 Å². The number of nitrogens with zero attached hydrogens (tertiary/aromatic N) is 4. The summed E-state index contributed by atoms with van der Waals surface area (Å²) in [6, 6.07) is 8.10. The van der Waals surface area contributed by atoms with Gasteiger partial charge in [0.2, 0.25) is 0 Å². The van der Waals surface area contributed by atoms with Gasteiger partial charge in [-0.1, -0.05) is 29.8 Å². The summed E-state index contributed by atoms with van der Waals surface area (Å²) >= 11 is 6.54. The summed E-state index contributed by atoms with van der Waals surface area (Å²) in [5.74, 6) is 1.58. The molecule has 9 heteroatoms. The van der Waals surface area contributed by atoms with Crippen LogP contribution < -0.4 is 10.6 Å². The fourth-order valence-electron chi connectivity index (χ4n) is 3.40. The molecule has 0 spiro atoms. The van der Waals surface area contributed by atoms with Gasteiger partial charge in [-0.15, -0.1) is 24.0 Å². The van der Waals surface area contributed by atoms with E-state index in [0.717, 1.165) is 56.0 Å². The zero-order chi connectivity index (χ0) is 19.1. The van der Waals surface area contributed by atoms with Crippen LogP contribution in [0.2, 0.25) is 5.02 Å². The highest BCUT2D eigenvalue weighted by molar-refractivity contribution is 14.0. The number of benzene rings is 1. The molecule has 0 radical (unpaired) electrons. The molecule has 2 N–H and O–H groups in total. The number of aromatic nitrogens is 3. The normalized spacial score (nSPS) is 16.3. The largest absolute Gasteiger partial charge is 0.381 e. The van der Waals surface area contributed by atoms with E-state index in [0.29, 0.717) is 6.54 Å². The lowest BCUT2D eigenvalue weighted by atomic mass is 9.74. The molecule has 3 rings (SSSR count). The van der Waals surface area contributed by atoms with Crippen molar-refractivity contribution in [1.82, 2.24) is 25.4 Å². The number of guanidine groups is 1. The van der Waals surface area contributed by atoms with E-state index >= 15 is 0 Å². The van der Waals surface area contributed by atoms with E-state index in [1.807, 2.05) is 25.2 Å². The predicted octanol–water partition coefficient (Wildman–Crippen LogP) is 2.89. The van der Waals surface area contributed by atoms with Gasteiger partial charge < -0.3 is 15.4 Å². The molecule has 1 aromatic carbocycles. The summed E-state index contributed by atoms with van der Waals surface area (Å²) in [4.78, 5) is 8.88. The van der Waals surface area contributed by atoms with Crippen LogP contribution >= 0.6 is 35.6 Å². The van der Waals surface area contributed by atoms with E-state index in [9.17, 15) is 0 Å². The Labute approximate surface area is 188 Å². The van der Waals surface area contributed by atoms with Crippen molar-refractivity contribution in [2.75, 3.05) is 26.3 Å². The number of hydrogen-bond donors (Lipinski definition) is 2. The van der Waals surface area contributed by atoms with Gasteiger partial charge in [0, 0.05) is 43.8 Å². The molecule has 0 aliphatic carbocycles. The molecule has 1 fully saturated rings. The molecule has 1 aromatic heterocycles. The van der Waals surface area contributed by atoms with Gasteiger partial charge in [-0.05, 0) is 31.4 Å². The lowest BCUT2D eigenvalue weighted by molar-refractivity contribution is 0.0514. The topological polar surface area (TPSA) is 76.4 Å². The zero-order valence-electron chi connectivity index (χ0n) is 16.3. The average Bonchev–Trinajstić information content (AvgIpc) is 3.10. The number of aryl methyl sites for hydroxylation is 1. The fourth-order valence-corrected chi connectivity index (χ4v) is 3.74. The van der Waals surface area contributed by atoms with Gasteiger partial charge >= 0.3 is 0 Å². The van der Waals surface area contributed by atoms with E-state index < -0.39 is 0 Å². The molecule has 2 aromatic rings. The molecule has 0 atom stereocenters. The van der Waals surface area contributed by atoms with E-state index in [4.69, 9.17) is 16.3 Å². The highest BCUT2D eigenvalue weighted by atomic mass is 127. The van der Waals surface area contributed by atoms with Gasteiger partial charge in [0.15, 0.2) is 5.96 Å². The quantitative estimate of drug-likeness (QED) is 0.349. The van der Waals surface area contributed by atoms with Crippen LogP contribution in [0.25, 0.3) is 0 Å². The standard InChI is InChI=1S/C19H27ClN6O.HI/c1-3-21-18(22-12-17-24-14-25-26(17)2)23-13-19(8-10-27-11-9-19)15-6-4-5-7-16(15)20;/h4-7,14H,3,8-13H2,1-2H3,(H2,21,22,23);1H. The first kappa shape index (κ1) is 22.9. The van der Waals surface area contributed by atoms with E-state index in [2.05, 4.69) is 38.7 Å². The van der Waals surface area contributed by atoms with Crippen LogP contribution in [0.15, 0.2) is 35.6 Å². The minimum Gasteiger partial charge on any atom is -0.381 e. The van der Waals surface area contributed by atoms with E-state index in [1.165, 1.54) is 5.56 Å². The molecule has 0 amide bonds. The smallest absolute Gasteiger partial charge is 0.191 e. The second-order valence-corrected chi connectivity index (χ2v) is 7.13. The zero-order valence-corrected chi connectivity index (χ0v) is 19.4. The van der Waals surface area contributed by atoms with Crippen LogP contribution in [0.5, 0.6) is 0 Å².